The standard InChI is InChI=1S/C20H19N3O2/c1-4-16-7-9-17(10-8-16)13-25-20(24)19-15(3)23(22-21-19)18-11-5-14(2)6-12-18/h4-12H,1,13H2,2-3H3. The number of aryl methyl sites for hydroxylation is 1. The lowest BCUT2D eigenvalue weighted by Crippen LogP contribution is -2.08. The lowest BCUT2D eigenvalue weighted by molar-refractivity contribution is 0.0464. The van der Waals surface area contributed by atoms with Crippen LogP contribution in [0, 0.1) is 13.8 Å². The molecule has 0 N–H and O–H groups in total. The Bertz CT molecular complexity index is 894. The van der Waals surface area contributed by atoms with Crippen LogP contribution in [0.2, 0.25) is 0 Å². The zero-order valence-electron chi connectivity index (χ0n) is 14.3. The number of hydrogen-bond donors (Lipinski definition) is 0. The van der Waals surface area contributed by atoms with Crippen molar-refractivity contribution in [1.82, 2.24) is 15.0 Å². The molecule has 0 aliphatic heterocycles. The van der Waals surface area contributed by atoms with Gasteiger partial charge in [0.1, 0.15) is 6.61 Å². The number of carbonyl (C=O) groups is 1. The van der Waals surface area contributed by atoms with Crippen molar-refractivity contribution in [2.24, 2.45) is 0 Å². The van der Waals surface area contributed by atoms with Crippen LogP contribution in [0.25, 0.3) is 11.8 Å². The summed E-state index contributed by atoms with van der Waals surface area (Å²) in [6.07, 6.45) is 1.77. The number of benzene rings is 2. The van der Waals surface area contributed by atoms with Gasteiger partial charge in [0.25, 0.3) is 0 Å². The van der Waals surface area contributed by atoms with Crippen LogP contribution in [-0.2, 0) is 11.3 Å². The Labute approximate surface area is 146 Å². The molecule has 0 amide bonds. The quantitative estimate of drug-likeness (QED) is 0.665. The summed E-state index contributed by atoms with van der Waals surface area (Å²) >= 11 is 0. The molecule has 0 saturated carbocycles. The first-order chi connectivity index (χ1) is 12.1. The third-order valence-corrected chi connectivity index (χ3v) is 3.95. The Morgan fingerprint density at radius 2 is 1.80 bits per heavy atom. The van der Waals surface area contributed by atoms with Crippen molar-refractivity contribution in [1.29, 1.82) is 0 Å². The van der Waals surface area contributed by atoms with Crippen LogP contribution in [0.15, 0.2) is 55.1 Å². The van der Waals surface area contributed by atoms with Gasteiger partial charge in [-0.25, -0.2) is 9.48 Å². The first-order valence-corrected chi connectivity index (χ1v) is 7.96. The molecule has 2 aromatic carbocycles. The van der Waals surface area contributed by atoms with E-state index in [1.165, 1.54) is 0 Å². The summed E-state index contributed by atoms with van der Waals surface area (Å²) in [5, 5.41) is 8.05. The van der Waals surface area contributed by atoms with Crippen molar-refractivity contribution in [2.75, 3.05) is 0 Å². The molecule has 0 atom stereocenters. The first kappa shape index (κ1) is 16.6. The maximum Gasteiger partial charge on any atom is 0.361 e. The zero-order chi connectivity index (χ0) is 17.8. The molecular weight excluding hydrogens is 314 g/mol. The van der Waals surface area contributed by atoms with Gasteiger partial charge in [-0.2, -0.15) is 0 Å². The second kappa shape index (κ2) is 7.13. The maximum absolute atomic E-state index is 12.3. The van der Waals surface area contributed by atoms with Gasteiger partial charge in [0, 0.05) is 0 Å². The van der Waals surface area contributed by atoms with E-state index in [-0.39, 0.29) is 12.3 Å². The number of rotatable bonds is 5. The fourth-order valence-electron chi connectivity index (χ4n) is 2.42. The molecule has 3 aromatic rings. The summed E-state index contributed by atoms with van der Waals surface area (Å²) in [5.74, 6) is -0.483. The molecular formula is C20H19N3O2. The fourth-order valence-corrected chi connectivity index (χ4v) is 2.42. The van der Waals surface area contributed by atoms with Gasteiger partial charge in [-0.05, 0) is 37.1 Å². The summed E-state index contributed by atoms with van der Waals surface area (Å²) < 4.78 is 6.99. The van der Waals surface area contributed by atoms with E-state index in [0.29, 0.717) is 5.69 Å². The Balaban J connectivity index is 1.72. The molecule has 5 heteroatoms. The molecule has 0 aliphatic rings. The second-order valence-electron chi connectivity index (χ2n) is 5.79. The molecule has 0 radical (unpaired) electrons. The van der Waals surface area contributed by atoms with Crippen LogP contribution in [0.3, 0.4) is 0 Å². The van der Waals surface area contributed by atoms with Crippen molar-refractivity contribution in [3.05, 3.63) is 83.2 Å². The number of aromatic nitrogens is 3. The van der Waals surface area contributed by atoms with Gasteiger partial charge in [0.2, 0.25) is 0 Å². The van der Waals surface area contributed by atoms with E-state index in [1.807, 2.05) is 55.5 Å². The van der Waals surface area contributed by atoms with Crippen molar-refractivity contribution in [2.45, 2.75) is 20.5 Å². The van der Waals surface area contributed by atoms with E-state index in [0.717, 1.165) is 22.4 Å². The largest absolute Gasteiger partial charge is 0.456 e. The number of esters is 1. The molecule has 126 valence electrons. The highest BCUT2D eigenvalue weighted by Gasteiger charge is 2.18. The van der Waals surface area contributed by atoms with Crippen molar-refractivity contribution < 1.29 is 9.53 Å². The molecule has 0 bridgehead atoms. The molecule has 0 fully saturated rings. The normalized spacial score (nSPS) is 10.5. The van der Waals surface area contributed by atoms with Gasteiger partial charge in [0.05, 0.1) is 11.4 Å². The monoisotopic (exact) mass is 333 g/mol. The van der Waals surface area contributed by atoms with E-state index >= 15 is 0 Å². The molecule has 0 unspecified atom stereocenters. The molecule has 0 spiro atoms. The minimum absolute atomic E-state index is 0.188. The van der Waals surface area contributed by atoms with E-state index in [4.69, 9.17) is 4.74 Å². The smallest absolute Gasteiger partial charge is 0.361 e. The van der Waals surface area contributed by atoms with Crippen molar-refractivity contribution in [3.8, 4) is 5.69 Å². The third-order valence-electron chi connectivity index (χ3n) is 3.95. The van der Waals surface area contributed by atoms with Crippen LogP contribution in [0.4, 0.5) is 0 Å². The van der Waals surface area contributed by atoms with Crippen LogP contribution >= 0.6 is 0 Å². The summed E-state index contributed by atoms with van der Waals surface area (Å²) in [7, 11) is 0. The van der Waals surface area contributed by atoms with Crippen molar-refractivity contribution >= 4 is 12.0 Å². The van der Waals surface area contributed by atoms with Crippen LogP contribution in [0.5, 0.6) is 0 Å². The minimum atomic E-state index is -0.483. The second-order valence-corrected chi connectivity index (χ2v) is 5.79. The van der Waals surface area contributed by atoms with Crippen molar-refractivity contribution in [3.63, 3.8) is 0 Å². The Morgan fingerprint density at radius 3 is 2.44 bits per heavy atom. The lowest BCUT2D eigenvalue weighted by atomic mass is 10.1. The van der Waals surface area contributed by atoms with Gasteiger partial charge in [0.15, 0.2) is 5.69 Å². The van der Waals surface area contributed by atoms with Gasteiger partial charge in [-0.15, -0.1) is 5.10 Å². The highest BCUT2D eigenvalue weighted by molar-refractivity contribution is 5.88. The summed E-state index contributed by atoms with van der Waals surface area (Å²) in [6, 6.07) is 15.5. The lowest BCUT2D eigenvalue weighted by Gasteiger charge is -2.05. The number of carbonyl (C=O) groups excluding carboxylic acids is 1. The summed E-state index contributed by atoms with van der Waals surface area (Å²) in [4.78, 5) is 12.3. The Hall–Kier alpha value is -3.21. The Morgan fingerprint density at radius 1 is 1.12 bits per heavy atom. The average molecular weight is 333 g/mol. The highest BCUT2D eigenvalue weighted by Crippen LogP contribution is 2.15. The maximum atomic E-state index is 12.3. The molecule has 3 rings (SSSR count). The van der Waals surface area contributed by atoms with E-state index < -0.39 is 5.97 Å². The SMILES string of the molecule is C=Cc1ccc(COC(=O)c2nnn(-c3ccc(C)cc3)c2C)cc1. The fraction of sp³-hybridized carbons (Fsp3) is 0.150. The van der Waals surface area contributed by atoms with Crippen LogP contribution in [-0.4, -0.2) is 21.0 Å². The zero-order valence-corrected chi connectivity index (χ0v) is 14.3. The van der Waals surface area contributed by atoms with Gasteiger partial charge in [-0.1, -0.05) is 59.8 Å². The minimum Gasteiger partial charge on any atom is -0.456 e. The molecule has 5 nitrogen and oxygen atoms in total. The molecule has 0 saturated heterocycles. The number of ether oxygens (including phenoxy) is 1. The van der Waals surface area contributed by atoms with Crippen LogP contribution in [0.1, 0.15) is 32.9 Å². The summed E-state index contributed by atoms with van der Waals surface area (Å²) in [6.45, 7) is 7.72. The summed E-state index contributed by atoms with van der Waals surface area (Å²) in [5.41, 5.74) is 4.81. The van der Waals surface area contributed by atoms with Gasteiger partial charge in [-0.3, -0.25) is 0 Å². The van der Waals surface area contributed by atoms with E-state index in [1.54, 1.807) is 17.7 Å². The van der Waals surface area contributed by atoms with E-state index in [2.05, 4.69) is 16.9 Å². The number of nitrogens with zero attached hydrogens (tertiary/aromatic N) is 3. The predicted octanol–water partition coefficient (Wildman–Crippen LogP) is 3.88. The Kier molecular flexibility index (Phi) is 4.75. The van der Waals surface area contributed by atoms with Gasteiger partial charge >= 0.3 is 5.97 Å². The highest BCUT2D eigenvalue weighted by atomic mass is 16.5. The molecule has 1 aromatic heterocycles. The van der Waals surface area contributed by atoms with Gasteiger partial charge < -0.3 is 4.74 Å². The molecule has 25 heavy (non-hydrogen) atoms. The average Bonchev–Trinajstić information content (AvgIpc) is 3.02. The van der Waals surface area contributed by atoms with Crippen LogP contribution < -0.4 is 0 Å². The van der Waals surface area contributed by atoms with E-state index in [9.17, 15) is 4.79 Å². The number of hydrogen-bond acceptors (Lipinski definition) is 4. The molecule has 0 aliphatic carbocycles. The topological polar surface area (TPSA) is 57.0 Å². The molecule has 1 heterocycles. The first-order valence-electron chi connectivity index (χ1n) is 7.96. The third kappa shape index (κ3) is 3.66. The predicted molar refractivity (Wildman–Crippen MR) is 96.5 cm³/mol.